The van der Waals surface area contributed by atoms with Crippen LogP contribution in [0.15, 0.2) is 0 Å². The van der Waals surface area contributed by atoms with Gasteiger partial charge in [0.2, 0.25) is 0 Å². The summed E-state index contributed by atoms with van der Waals surface area (Å²) in [5.41, 5.74) is 0. The zero-order chi connectivity index (χ0) is 12.7. The second-order valence-corrected chi connectivity index (χ2v) is 4.14. The quantitative estimate of drug-likeness (QED) is 0.749. The van der Waals surface area contributed by atoms with Gasteiger partial charge in [0.05, 0.1) is 0 Å². The fourth-order valence-corrected chi connectivity index (χ4v) is 1.70. The second kappa shape index (κ2) is 6.98. The van der Waals surface area contributed by atoms with Gasteiger partial charge >= 0.3 is 5.97 Å². The molecule has 0 fully saturated rings. The third kappa shape index (κ3) is 3.80. The first kappa shape index (κ1) is 13.6. The van der Waals surface area contributed by atoms with Gasteiger partial charge in [-0.15, -0.1) is 5.10 Å². The summed E-state index contributed by atoms with van der Waals surface area (Å²) in [6.45, 7) is 4.12. The maximum atomic E-state index is 11.2. The molecule has 6 nitrogen and oxygen atoms in total. The van der Waals surface area contributed by atoms with E-state index in [2.05, 4.69) is 22.4 Å². The number of rotatable bonds is 8. The number of aryl methyl sites for hydroxylation is 1. The molecule has 1 heterocycles. The van der Waals surface area contributed by atoms with Gasteiger partial charge in [-0.3, -0.25) is 0 Å². The largest absolute Gasteiger partial charge is 0.480 e. The summed E-state index contributed by atoms with van der Waals surface area (Å²) in [5, 5.41) is 20.5. The van der Waals surface area contributed by atoms with Crippen LogP contribution in [0.25, 0.3) is 0 Å². The molecule has 1 N–H and O–H groups in total. The average Bonchev–Trinajstić information content (AvgIpc) is 2.75. The number of carboxylic acids is 1. The molecule has 0 aliphatic carbocycles. The van der Waals surface area contributed by atoms with Gasteiger partial charge in [0, 0.05) is 6.42 Å². The molecule has 6 heteroatoms. The van der Waals surface area contributed by atoms with E-state index in [0.717, 1.165) is 32.1 Å². The zero-order valence-corrected chi connectivity index (χ0v) is 10.5. The summed E-state index contributed by atoms with van der Waals surface area (Å²) in [4.78, 5) is 11.2. The molecule has 0 aliphatic rings. The van der Waals surface area contributed by atoms with E-state index < -0.39 is 12.0 Å². The van der Waals surface area contributed by atoms with Gasteiger partial charge in [-0.2, -0.15) is 0 Å². The van der Waals surface area contributed by atoms with E-state index in [0.29, 0.717) is 12.2 Å². The monoisotopic (exact) mass is 240 g/mol. The number of nitrogens with zero attached hydrogens (tertiary/aromatic N) is 4. The SMILES string of the molecule is CCCCc1nnnn1C(CCCC)C(=O)O. The molecule has 1 rings (SSSR count). The molecule has 0 aliphatic heterocycles. The lowest BCUT2D eigenvalue weighted by molar-refractivity contribution is -0.141. The molecule has 0 radical (unpaired) electrons. The highest BCUT2D eigenvalue weighted by Crippen LogP contribution is 2.16. The summed E-state index contributed by atoms with van der Waals surface area (Å²) in [6, 6.07) is -0.628. The van der Waals surface area contributed by atoms with Crippen LogP contribution in [-0.4, -0.2) is 31.3 Å². The third-order valence-corrected chi connectivity index (χ3v) is 2.73. The van der Waals surface area contributed by atoms with Crippen molar-refractivity contribution in [2.75, 3.05) is 0 Å². The fourth-order valence-electron chi connectivity index (χ4n) is 1.70. The molecule has 17 heavy (non-hydrogen) atoms. The van der Waals surface area contributed by atoms with Crippen LogP contribution in [0.1, 0.15) is 57.8 Å². The van der Waals surface area contributed by atoms with Crippen LogP contribution >= 0.6 is 0 Å². The van der Waals surface area contributed by atoms with E-state index in [9.17, 15) is 9.90 Å². The Morgan fingerprint density at radius 1 is 1.35 bits per heavy atom. The maximum Gasteiger partial charge on any atom is 0.328 e. The van der Waals surface area contributed by atoms with Crippen molar-refractivity contribution in [3.8, 4) is 0 Å². The van der Waals surface area contributed by atoms with Crippen LogP contribution in [-0.2, 0) is 11.2 Å². The molecule has 0 aromatic carbocycles. The summed E-state index contributed by atoms with van der Waals surface area (Å²) in [7, 11) is 0. The Morgan fingerprint density at radius 2 is 2.06 bits per heavy atom. The van der Waals surface area contributed by atoms with Gasteiger partial charge in [0.15, 0.2) is 11.9 Å². The molecule has 1 unspecified atom stereocenters. The lowest BCUT2D eigenvalue weighted by Crippen LogP contribution is -2.22. The van der Waals surface area contributed by atoms with Gasteiger partial charge in [0.1, 0.15) is 0 Å². The number of carbonyl (C=O) groups is 1. The highest BCUT2D eigenvalue weighted by molar-refractivity contribution is 5.71. The van der Waals surface area contributed by atoms with Gasteiger partial charge in [-0.25, -0.2) is 9.48 Å². The lowest BCUT2D eigenvalue weighted by Gasteiger charge is -2.13. The normalized spacial score (nSPS) is 12.6. The second-order valence-electron chi connectivity index (χ2n) is 4.14. The first-order valence-electron chi connectivity index (χ1n) is 6.20. The smallest absolute Gasteiger partial charge is 0.328 e. The van der Waals surface area contributed by atoms with Gasteiger partial charge < -0.3 is 5.11 Å². The molecule has 0 saturated carbocycles. The summed E-state index contributed by atoms with van der Waals surface area (Å²) >= 11 is 0. The molecule has 0 amide bonds. The summed E-state index contributed by atoms with van der Waals surface area (Å²) in [5.74, 6) is -0.182. The van der Waals surface area contributed by atoms with Crippen LogP contribution < -0.4 is 0 Å². The molecule has 1 aromatic rings. The highest BCUT2D eigenvalue weighted by atomic mass is 16.4. The number of unbranched alkanes of at least 4 members (excludes halogenated alkanes) is 2. The van der Waals surface area contributed by atoms with E-state index in [1.165, 1.54) is 4.68 Å². The average molecular weight is 240 g/mol. The Hall–Kier alpha value is -1.46. The molecular formula is C11H20N4O2. The topological polar surface area (TPSA) is 80.9 Å². The molecule has 0 bridgehead atoms. The maximum absolute atomic E-state index is 11.2. The third-order valence-electron chi connectivity index (χ3n) is 2.73. The predicted molar refractivity (Wildman–Crippen MR) is 62.6 cm³/mol. The Morgan fingerprint density at radius 3 is 2.65 bits per heavy atom. The molecule has 0 saturated heterocycles. The van der Waals surface area contributed by atoms with Crippen molar-refractivity contribution in [2.24, 2.45) is 0 Å². The van der Waals surface area contributed by atoms with E-state index in [4.69, 9.17) is 0 Å². The van der Waals surface area contributed by atoms with Crippen molar-refractivity contribution in [2.45, 2.75) is 58.4 Å². The van der Waals surface area contributed by atoms with E-state index in [1.54, 1.807) is 0 Å². The Bertz CT molecular complexity index is 351. The first-order chi connectivity index (χ1) is 8.20. The van der Waals surface area contributed by atoms with Crippen molar-refractivity contribution in [3.05, 3.63) is 5.82 Å². The molecular weight excluding hydrogens is 220 g/mol. The minimum atomic E-state index is -0.858. The fraction of sp³-hybridized carbons (Fsp3) is 0.818. The molecule has 96 valence electrons. The van der Waals surface area contributed by atoms with E-state index >= 15 is 0 Å². The highest BCUT2D eigenvalue weighted by Gasteiger charge is 2.23. The van der Waals surface area contributed by atoms with Crippen LogP contribution in [0, 0.1) is 0 Å². The van der Waals surface area contributed by atoms with E-state index in [1.807, 2.05) is 6.92 Å². The minimum Gasteiger partial charge on any atom is -0.480 e. The minimum absolute atomic E-state index is 0.579. The van der Waals surface area contributed by atoms with Gasteiger partial charge in [-0.1, -0.05) is 33.1 Å². The zero-order valence-electron chi connectivity index (χ0n) is 10.5. The number of tetrazole rings is 1. The number of hydrogen-bond acceptors (Lipinski definition) is 4. The van der Waals surface area contributed by atoms with Gasteiger partial charge in [-0.05, 0) is 23.3 Å². The van der Waals surface area contributed by atoms with Crippen LogP contribution in [0.5, 0.6) is 0 Å². The van der Waals surface area contributed by atoms with Crippen LogP contribution in [0.3, 0.4) is 0 Å². The molecule has 0 spiro atoms. The number of aromatic nitrogens is 4. The molecule has 1 atom stereocenters. The van der Waals surface area contributed by atoms with E-state index in [-0.39, 0.29) is 0 Å². The Kier molecular flexibility index (Phi) is 5.59. The van der Waals surface area contributed by atoms with Gasteiger partial charge in [0.25, 0.3) is 0 Å². The standard InChI is InChI=1S/C11H20N4O2/c1-3-5-7-9(11(16)17)15-10(8-6-4-2)12-13-14-15/h9H,3-8H2,1-2H3,(H,16,17). The Labute approximate surface area is 101 Å². The molecule has 1 aromatic heterocycles. The first-order valence-corrected chi connectivity index (χ1v) is 6.20. The van der Waals surface area contributed by atoms with Crippen LogP contribution in [0.4, 0.5) is 0 Å². The number of carboxylic acid groups (broad SMARTS) is 1. The van der Waals surface area contributed by atoms with Crippen molar-refractivity contribution < 1.29 is 9.90 Å². The van der Waals surface area contributed by atoms with Crippen molar-refractivity contribution in [1.82, 2.24) is 20.2 Å². The number of aliphatic carboxylic acids is 1. The Balaban J connectivity index is 2.78. The van der Waals surface area contributed by atoms with Crippen molar-refractivity contribution in [1.29, 1.82) is 0 Å². The number of hydrogen-bond donors (Lipinski definition) is 1. The van der Waals surface area contributed by atoms with Crippen molar-refractivity contribution >= 4 is 5.97 Å². The van der Waals surface area contributed by atoms with Crippen molar-refractivity contribution in [3.63, 3.8) is 0 Å². The lowest BCUT2D eigenvalue weighted by atomic mass is 10.1. The van der Waals surface area contributed by atoms with Crippen LogP contribution in [0.2, 0.25) is 0 Å². The summed E-state index contributed by atoms with van der Waals surface area (Å²) < 4.78 is 1.47. The predicted octanol–water partition coefficient (Wildman–Crippen LogP) is 1.83. The summed E-state index contributed by atoms with van der Waals surface area (Å²) in [6.07, 6.45) is 5.16.